The molecule has 1 N–H and O–H groups in total. The molecule has 2 heterocycles. The zero-order valence-corrected chi connectivity index (χ0v) is 14.6. The van der Waals surface area contributed by atoms with Crippen molar-refractivity contribution in [1.29, 1.82) is 0 Å². The summed E-state index contributed by atoms with van der Waals surface area (Å²) in [6.45, 7) is 3.86. The summed E-state index contributed by atoms with van der Waals surface area (Å²) in [7, 11) is 0.405. The number of nitrogens with zero attached hydrogens (tertiary/aromatic N) is 2. The Balaban J connectivity index is 1.65. The number of rotatable bonds is 6. The lowest BCUT2D eigenvalue weighted by Gasteiger charge is -2.12. The second-order valence-electron chi connectivity index (χ2n) is 5.45. The van der Waals surface area contributed by atoms with E-state index < -0.39 is 10.8 Å². The molecule has 0 spiro atoms. The van der Waals surface area contributed by atoms with Crippen molar-refractivity contribution in [1.82, 2.24) is 15.0 Å². The number of pyridine rings is 1. The molecule has 3 aromatic rings. The third-order valence-electron chi connectivity index (χ3n) is 3.74. The number of aromatic nitrogens is 3. The van der Waals surface area contributed by atoms with E-state index in [2.05, 4.69) is 15.0 Å². The Bertz CT molecular complexity index is 859. The molecule has 2 aromatic heterocycles. The summed E-state index contributed by atoms with van der Waals surface area (Å²) in [5, 5.41) is 0. The van der Waals surface area contributed by atoms with Crippen molar-refractivity contribution < 1.29 is 13.7 Å². The predicted octanol–water partition coefficient (Wildman–Crippen LogP) is 2.87. The molecule has 6 nitrogen and oxygen atoms in total. The van der Waals surface area contributed by atoms with E-state index in [1.165, 1.54) is 0 Å². The molecule has 0 bridgehead atoms. The number of imidazole rings is 1. The fourth-order valence-corrected chi connectivity index (χ4v) is 3.45. The average molecular weight is 345 g/mol. The summed E-state index contributed by atoms with van der Waals surface area (Å²) in [5.74, 6) is 1.15. The molecule has 0 radical (unpaired) electrons. The van der Waals surface area contributed by atoms with E-state index in [0.29, 0.717) is 11.8 Å². The molecule has 0 aliphatic heterocycles. The zero-order valence-electron chi connectivity index (χ0n) is 13.8. The quantitative estimate of drug-likeness (QED) is 0.743. The van der Waals surface area contributed by atoms with E-state index in [0.717, 1.165) is 33.6 Å². The molecule has 0 fully saturated rings. The smallest absolute Gasteiger partial charge is 0.295 e. The lowest BCUT2D eigenvalue weighted by atomic mass is 10.1. The van der Waals surface area contributed by atoms with Crippen molar-refractivity contribution in [2.75, 3.05) is 13.0 Å². The molecule has 0 aliphatic rings. The summed E-state index contributed by atoms with van der Waals surface area (Å²) in [6, 6.07) is 8.00. The van der Waals surface area contributed by atoms with Gasteiger partial charge in [-0.25, -0.2) is 0 Å². The molecular weight excluding hydrogens is 326 g/mol. The molecule has 0 saturated heterocycles. The lowest BCUT2D eigenvalue weighted by Crippen LogP contribution is -2.10. The number of methoxy groups -OCH3 is 1. The van der Waals surface area contributed by atoms with Crippen molar-refractivity contribution in [3.8, 4) is 11.8 Å². The van der Waals surface area contributed by atoms with E-state index in [1.807, 2.05) is 38.1 Å². The number of benzene rings is 1. The number of nitrogens with one attached hydrogen (secondary N) is 1. The second-order valence-corrected chi connectivity index (χ2v) is 6.86. The highest BCUT2D eigenvalue weighted by Crippen LogP contribution is 2.24. The second kappa shape index (κ2) is 7.00. The van der Waals surface area contributed by atoms with Crippen LogP contribution in [-0.4, -0.2) is 32.2 Å². The summed E-state index contributed by atoms with van der Waals surface area (Å²) in [5.41, 5.74) is 4.33. The van der Waals surface area contributed by atoms with E-state index >= 15 is 0 Å². The van der Waals surface area contributed by atoms with Gasteiger partial charge in [-0.05, 0) is 26.0 Å². The maximum Gasteiger partial charge on any atom is 0.295 e. The molecule has 0 aliphatic carbocycles. The molecule has 0 saturated carbocycles. The SMILES string of the molecule is COc1c(C)cnc(CS(=O)COc2nc3ccccc3[nH]2)c1C. The molecule has 0 amide bonds. The Kier molecular flexibility index (Phi) is 4.80. The lowest BCUT2D eigenvalue weighted by molar-refractivity contribution is 0.359. The minimum atomic E-state index is -1.22. The van der Waals surface area contributed by atoms with Gasteiger partial charge in [0.05, 0.1) is 40.4 Å². The molecule has 24 heavy (non-hydrogen) atoms. The van der Waals surface area contributed by atoms with E-state index in [9.17, 15) is 4.21 Å². The van der Waals surface area contributed by atoms with Crippen molar-refractivity contribution in [3.05, 3.63) is 47.3 Å². The van der Waals surface area contributed by atoms with Crippen LogP contribution in [0.2, 0.25) is 0 Å². The Morgan fingerprint density at radius 1 is 1.25 bits per heavy atom. The molecule has 1 atom stereocenters. The van der Waals surface area contributed by atoms with Gasteiger partial charge in [0.2, 0.25) is 0 Å². The van der Waals surface area contributed by atoms with Crippen molar-refractivity contribution >= 4 is 21.8 Å². The number of H-pyrrole nitrogens is 1. The number of hydrogen-bond donors (Lipinski definition) is 1. The van der Waals surface area contributed by atoms with E-state index in [1.54, 1.807) is 13.3 Å². The fourth-order valence-electron chi connectivity index (χ4n) is 2.53. The standard InChI is InChI=1S/C17H19N3O3S/c1-11-8-18-15(12(2)16(11)22-3)9-24(21)10-23-17-19-13-6-4-5-7-14(13)20-17/h4-8H,9-10H2,1-3H3,(H,19,20). The minimum absolute atomic E-state index is 0.0527. The van der Waals surface area contributed by atoms with Crippen LogP contribution in [0.25, 0.3) is 11.0 Å². The van der Waals surface area contributed by atoms with E-state index in [-0.39, 0.29) is 5.94 Å². The first-order valence-electron chi connectivity index (χ1n) is 7.50. The van der Waals surface area contributed by atoms with Crippen LogP contribution < -0.4 is 9.47 Å². The number of para-hydroxylation sites is 2. The van der Waals surface area contributed by atoms with Gasteiger partial charge in [0, 0.05) is 17.3 Å². The third kappa shape index (κ3) is 3.41. The van der Waals surface area contributed by atoms with Gasteiger partial charge in [-0.3, -0.25) is 9.19 Å². The predicted molar refractivity (Wildman–Crippen MR) is 93.7 cm³/mol. The first kappa shape index (κ1) is 16.4. The largest absolute Gasteiger partial charge is 0.496 e. The Morgan fingerprint density at radius 3 is 2.79 bits per heavy atom. The third-order valence-corrected chi connectivity index (χ3v) is 4.72. The van der Waals surface area contributed by atoms with E-state index in [4.69, 9.17) is 9.47 Å². The summed E-state index contributed by atoms with van der Waals surface area (Å²) in [6.07, 6.45) is 1.73. The van der Waals surface area contributed by atoms with Crippen LogP contribution >= 0.6 is 0 Å². The van der Waals surface area contributed by atoms with Gasteiger partial charge < -0.3 is 14.5 Å². The number of ether oxygens (including phenoxy) is 2. The molecule has 1 aromatic carbocycles. The van der Waals surface area contributed by atoms with Gasteiger partial charge in [-0.1, -0.05) is 12.1 Å². The number of aromatic amines is 1. The molecule has 1 unspecified atom stereocenters. The monoisotopic (exact) mass is 345 g/mol. The number of fused-ring (bicyclic) bond motifs is 1. The maximum absolute atomic E-state index is 12.3. The Morgan fingerprint density at radius 2 is 2.04 bits per heavy atom. The zero-order chi connectivity index (χ0) is 17.1. The van der Waals surface area contributed by atoms with Gasteiger partial charge in [0.1, 0.15) is 5.75 Å². The van der Waals surface area contributed by atoms with Gasteiger partial charge in [-0.2, -0.15) is 4.98 Å². The minimum Gasteiger partial charge on any atom is -0.496 e. The highest BCUT2D eigenvalue weighted by Gasteiger charge is 2.13. The van der Waals surface area contributed by atoms with Crippen molar-refractivity contribution in [2.45, 2.75) is 19.6 Å². The summed E-state index contributed by atoms with van der Waals surface area (Å²) in [4.78, 5) is 11.7. The number of aryl methyl sites for hydroxylation is 1. The van der Waals surface area contributed by atoms with Gasteiger partial charge in [-0.15, -0.1) is 0 Å². The Hall–Kier alpha value is -2.41. The first-order chi connectivity index (χ1) is 11.6. The van der Waals surface area contributed by atoms with Crippen LogP contribution in [0.5, 0.6) is 11.8 Å². The first-order valence-corrected chi connectivity index (χ1v) is 8.99. The van der Waals surface area contributed by atoms with Crippen molar-refractivity contribution in [2.24, 2.45) is 0 Å². The van der Waals surface area contributed by atoms with Crippen LogP contribution in [0, 0.1) is 13.8 Å². The molecular formula is C17H19N3O3S. The fraction of sp³-hybridized carbons (Fsp3) is 0.294. The molecule has 3 rings (SSSR count). The van der Waals surface area contributed by atoms with Gasteiger partial charge in [0.15, 0.2) is 5.94 Å². The maximum atomic E-state index is 12.3. The molecule has 126 valence electrons. The van der Waals surface area contributed by atoms with Crippen LogP contribution in [-0.2, 0) is 16.6 Å². The molecule has 7 heteroatoms. The van der Waals surface area contributed by atoms with Crippen LogP contribution in [0.4, 0.5) is 0 Å². The normalized spacial score (nSPS) is 12.3. The van der Waals surface area contributed by atoms with Gasteiger partial charge in [0.25, 0.3) is 6.01 Å². The van der Waals surface area contributed by atoms with Crippen LogP contribution in [0.1, 0.15) is 16.8 Å². The highest BCUT2D eigenvalue weighted by molar-refractivity contribution is 7.84. The number of hydrogen-bond acceptors (Lipinski definition) is 5. The van der Waals surface area contributed by atoms with Gasteiger partial charge >= 0.3 is 0 Å². The average Bonchev–Trinajstić information content (AvgIpc) is 2.99. The topological polar surface area (TPSA) is 77.1 Å². The Labute approximate surface area is 142 Å². The summed E-state index contributed by atoms with van der Waals surface area (Å²) < 4.78 is 23.2. The highest BCUT2D eigenvalue weighted by atomic mass is 32.2. The van der Waals surface area contributed by atoms with Crippen LogP contribution in [0.15, 0.2) is 30.5 Å². The van der Waals surface area contributed by atoms with Crippen molar-refractivity contribution in [3.63, 3.8) is 0 Å². The van der Waals surface area contributed by atoms with Crippen LogP contribution in [0.3, 0.4) is 0 Å². The summed E-state index contributed by atoms with van der Waals surface area (Å²) >= 11 is 0.